The molecule has 3 rings (SSSR count). The maximum Gasteiger partial charge on any atom is 0.269 e. The van der Waals surface area contributed by atoms with Gasteiger partial charge in [-0.2, -0.15) is 0 Å². The number of nitro groups is 1. The SMILES string of the molecule is CC1=C(C(=O)N(C)C)C(c2ccc([N+](=O)[O-])cc2)NC(=S)N1c1ccc(C)cc1. The summed E-state index contributed by atoms with van der Waals surface area (Å²) in [5.41, 5.74) is 3.97. The fourth-order valence-electron chi connectivity index (χ4n) is 3.30. The zero-order valence-corrected chi connectivity index (χ0v) is 17.5. The van der Waals surface area contributed by atoms with E-state index in [-0.39, 0.29) is 11.6 Å². The molecule has 1 amide bonds. The minimum absolute atomic E-state index is 0.00499. The molecule has 0 spiro atoms. The first-order valence-corrected chi connectivity index (χ1v) is 9.45. The van der Waals surface area contributed by atoms with Crippen LogP contribution in [0.2, 0.25) is 0 Å². The molecule has 1 unspecified atom stereocenters. The number of non-ortho nitro benzene ring substituents is 1. The van der Waals surface area contributed by atoms with Crippen LogP contribution in [0.4, 0.5) is 11.4 Å². The third kappa shape index (κ3) is 3.97. The number of nitrogens with one attached hydrogen (secondary N) is 1. The predicted octanol–water partition coefficient (Wildman–Crippen LogP) is 3.70. The first-order chi connectivity index (χ1) is 13.7. The van der Waals surface area contributed by atoms with Gasteiger partial charge in [0.2, 0.25) is 0 Å². The topological polar surface area (TPSA) is 78.7 Å². The first-order valence-electron chi connectivity index (χ1n) is 9.04. The first kappa shape index (κ1) is 20.5. The Labute approximate surface area is 174 Å². The van der Waals surface area contributed by atoms with Gasteiger partial charge in [0.15, 0.2) is 5.11 Å². The number of carbonyl (C=O) groups excluding carboxylic acids is 1. The molecule has 1 N–H and O–H groups in total. The Morgan fingerprint density at radius 2 is 1.69 bits per heavy atom. The lowest BCUT2D eigenvalue weighted by molar-refractivity contribution is -0.384. The summed E-state index contributed by atoms with van der Waals surface area (Å²) in [5, 5.41) is 14.7. The van der Waals surface area contributed by atoms with Crippen molar-refractivity contribution < 1.29 is 9.72 Å². The van der Waals surface area contributed by atoms with Crippen LogP contribution in [0.15, 0.2) is 59.8 Å². The minimum atomic E-state index is -0.500. The van der Waals surface area contributed by atoms with Gasteiger partial charge in [0.1, 0.15) is 0 Å². The molecule has 0 bridgehead atoms. The van der Waals surface area contributed by atoms with Crippen LogP contribution in [-0.2, 0) is 4.79 Å². The standard InChI is InChI=1S/C21H22N4O3S/c1-13-5-9-16(10-6-13)24-14(2)18(20(26)23(3)4)19(22-21(24)29)15-7-11-17(12-8-15)25(27)28/h5-12,19H,1-4H3,(H,22,29). The molecule has 1 aliphatic rings. The zero-order valence-electron chi connectivity index (χ0n) is 16.7. The monoisotopic (exact) mass is 410 g/mol. The van der Waals surface area contributed by atoms with Crippen molar-refractivity contribution in [2.24, 2.45) is 0 Å². The summed E-state index contributed by atoms with van der Waals surface area (Å²) in [4.78, 5) is 26.9. The molecule has 0 fully saturated rings. The number of rotatable bonds is 4. The number of thiocarbonyl (C=S) groups is 1. The molecule has 8 heteroatoms. The molecular formula is C21H22N4O3S. The molecule has 7 nitrogen and oxygen atoms in total. The third-order valence-electron chi connectivity index (χ3n) is 4.85. The van der Waals surface area contributed by atoms with E-state index in [1.807, 2.05) is 43.0 Å². The number of aryl methyl sites for hydroxylation is 1. The minimum Gasteiger partial charge on any atom is -0.351 e. The number of nitro benzene ring substituents is 1. The molecule has 0 aromatic heterocycles. The van der Waals surface area contributed by atoms with Gasteiger partial charge in [-0.25, -0.2) is 0 Å². The Morgan fingerprint density at radius 3 is 2.21 bits per heavy atom. The van der Waals surface area contributed by atoms with Crippen LogP contribution < -0.4 is 10.2 Å². The van der Waals surface area contributed by atoms with Gasteiger partial charge >= 0.3 is 0 Å². The highest BCUT2D eigenvalue weighted by molar-refractivity contribution is 7.80. The van der Waals surface area contributed by atoms with E-state index < -0.39 is 11.0 Å². The lowest BCUT2D eigenvalue weighted by Crippen LogP contribution is -2.49. The number of benzene rings is 2. The Kier molecular flexibility index (Phi) is 5.65. The third-order valence-corrected chi connectivity index (χ3v) is 5.15. The molecule has 0 saturated heterocycles. The Hall–Kier alpha value is -3.26. The second-order valence-corrected chi connectivity index (χ2v) is 7.49. The van der Waals surface area contributed by atoms with Crippen LogP contribution in [0.5, 0.6) is 0 Å². The number of allylic oxidation sites excluding steroid dienone is 1. The lowest BCUT2D eigenvalue weighted by atomic mass is 9.93. The average molecular weight is 410 g/mol. The summed E-state index contributed by atoms with van der Waals surface area (Å²) >= 11 is 5.62. The number of carbonyl (C=O) groups is 1. The number of anilines is 1. The number of amides is 1. The summed E-state index contributed by atoms with van der Waals surface area (Å²) in [6.07, 6.45) is 0. The van der Waals surface area contributed by atoms with E-state index >= 15 is 0 Å². The predicted molar refractivity (Wildman–Crippen MR) is 117 cm³/mol. The molecule has 2 aromatic carbocycles. The quantitative estimate of drug-likeness (QED) is 0.470. The van der Waals surface area contributed by atoms with Crippen molar-refractivity contribution >= 4 is 34.6 Å². The van der Waals surface area contributed by atoms with E-state index in [9.17, 15) is 14.9 Å². The average Bonchev–Trinajstić information content (AvgIpc) is 2.68. The summed E-state index contributed by atoms with van der Waals surface area (Å²) in [5.74, 6) is -0.155. The molecule has 29 heavy (non-hydrogen) atoms. The molecule has 1 heterocycles. The molecule has 1 aliphatic heterocycles. The van der Waals surface area contributed by atoms with Gasteiger partial charge in [-0.05, 0) is 55.9 Å². The van der Waals surface area contributed by atoms with Crippen LogP contribution in [-0.4, -0.2) is 34.9 Å². The van der Waals surface area contributed by atoms with Crippen LogP contribution in [0.25, 0.3) is 0 Å². The summed E-state index contributed by atoms with van der Waals surface area (Å²) in [6, 6.07) is 13.5. The van der Waals surface area contributed by atoms with E-state index in [0.717, 1.165) is 22.5 Å². The maximum absolute atomic E-state index is 13.1. The van der Waals surface area contributed by atoms with E-state index in [4.69, 9.17) is 12.2 Å². The molecule has 150 valence electrons. The van der Waals surface area contributed by atoms with Crippen molar-refractivity contribution in [2.45, 2.75) is 19.9 Å². The number of hydrogen-bond donors (Lipinski definition) is 1. The summed E-state index contributed by atoms with van der Waals surface area (Å²) in [6.45, 7) is 3.87. The van der Waals surface area contributed by atoms with Crippen molar-refractivity contribution in [3.63, 3.8) is 0 Å². The zero-order chi connectivity index (χ0) is 21.3. The van der Waals surface area contributed by atoms with Crippen LogP contribution in [0.3, 0.4) is 0 Å². The van der Waals surface area contributed by atoms with Gasteiger partial charge in [0, 0.05) is 37.6 Å². The fraction of sp³-hybridized carbons (Fsp3) is 0.238. The fourth-order valence-corrected chi connectivity index (χ4v) is 3.66. The van der Waals surface area contributed by atoms with Crippen molar-refractivity contribution in [2.75, 3.05) is 19.0 Å². The Bertz CT molecular complexity index is 998. The van der Waals surface area contributed by atoms with E-state index in [1.54, 1.807) is 26.2 Å². The highest BCUT2D eigenvalue weighted by Crippen LogP contribution is 2.34. The number of likely N-dealkylation sites (N-methyl/N-ethyl adjacent to an activating group) is 1. The smallest absolute Gasteiger partial charge is 0.269 e. The molecule has 0 aliphatic carbocycles. The molecule has 1 atom stereocenters. The van der Waals surface area contributed by atoms with Crippen LogP contribution in [0.1, 0.15) is 24.1 Å². The summed E-state index contributed by atoms with van der Waals surface area (Å²) < 4.78 is 0. The summed E-state index contributed by atoms with van der Waals surface area (Å²) in [7, 11) is 3.39. The molecule has 0 radical (unpaired) electrons. The van der Waals surface area contributed by atoms with Gasteiger partial charge < -0.3 is 10.2 Å². The largest absolute Gasteiger partial charge is 0.351 e. The second kappa shape index (κ2) is 8.00. The Morgan fingerprint density at radius 1 is 1.10 bits per heavy atom. The van der Waals surface area contributed by atoms with Crippen molar-refractivity contribution in [1.29, 1.82) is 0 Å². The van der Waals surface area contributed by atoms with Crippen LogP contribution >= 0.6 is 12.2 Å². The molecular weight excluding hydrogens is 388 g/mol. The van der Waals surface area contributed by atoms with Crippen molar-refractivity contribution in [3.05, 3.63) is 81.0 Å². The van der Waals surface area contributed by atoms with Crippen molar-refractivity contribution in [1.82, 2.24) is 10.2 Å². The molecule has 2 aromatic rings. The van der Waals surface area contributed by atoms with Gasteiger partial charge in [-0.15, -0.1) is 0 Å². The van der Waals surface area contributed by atoms with Crippen LogP contribution in [0, 0.1) is 17.0 Å². The van der Waals surface area contributed by atoms with E-state index in [2.05, 4.69) is 5.32 Å². The van der Waals surface area contributed by atoms with Gasteiger partial charge in [-0.1, -0.05) is 17.7 Å². The number of nitrogens with zero attached hydrogens (tertiary/aromatic N) is 3. The Balaban J connectivity index is 2.12. The number of hydrogen-bond acceptors (Lipinski definition) is 4. The van der Waals surface area contributed by atoms with Gasteiger partial charge in [-0.3, -0.25) is 19.8 Å². The lowest BCUT2D eigenvalue weighted by Gasteiger charge is -2.38. The van der Waals surface area contributed by atoms with Crippen molar-refractivity contribution in [3.8, 4) is 0 Å². The second-order valence-electron chi connectivity index (χ2n) is 7.10. The molecule has 0 saturated carbocycles. The normalized spacial score (nSPS) is 16.5. The highest BCUT2D eigenvalue weighted by Gasteiger charge is 2.35. The maximum atomic E-state index is 13.1. The van der Waals surface area contributed by atoms with Gasteiger partial charge in [0.25, 0.3) is 11.6 Å². The van der Waals surface area contributed by atoms with E-state index in [0.29, 0.717) is 10.7 Å². The highest BCUT2D eigenvalue weighted by atomic mass is 32.1. The van der Waals surface area contributed by atoms with Gasteiger partial charge in [0.05, 0.1) is 16.5 Å². The van der Waals surface area contributed by atoms with E-state index in [1.165, 1.54) is 17.0 Å².